The molecule has 9 heteroatoms. The van der Waals surface area contributed by atoms with Gasteiger partial charge in [0.1, 0.15) is 29.8 Å². The second-order valence-corrected chi connectivity index (χ2v) is 4.41. The molecule has 104 valence electrons. The molecule has 2 aliphatic rings. The van der Waals surface area contributed by atoms with Crippen LogP contribution in [0.1, 0.15) is 18.1 Å². The molecule has 0 bridgehead atoms. The Kier molecular flexibility index (Phi) is 2.99. The molecule has 0 aliphatic carbocycles. The molecule has 19 heavy (non-hydrogen) atoms. The maximum absolute atomic E-state index is 9.94. The molecule has 1 saturated heterocycles. The molecule has 0 aromatic carbocycles. The van der Waals surface area contributed by atoms with E-state index in [4.69, 9.17) is 9.84 Å². The van der Waals surface area contributed by atoms with Gasteiger partial charge in [0.25, 0.3) is 0 Å². The van der Waals surface area contributed by atoms with Crippen molar-refractivity contribution in [2.24, 2.45) is 4.99 Å². The number of aliphatic hydroxyl groups is 4. The van der Waals surface area contributed by atoms with E-state index in [1.807, 2.05) is 0 Å². The van der Waals surface area contributed by atoms with Crippen molar-refractivity contribution in [1.82, 2.24) is 9.55 Å². The molecule has 1 fully saturated rings. The van der Waals surface area contributed by atoms with Crippen molar-refractivity contribution in [2.45, 2.75) is 30.8 Å². The van der Waals surface area contributed by atoms with Crippen LogP contribution >= 0.6 is 0 Å². The summed E-state index contributed by atoms with van der Waals surface area (Å²) in [4.78, 5) is 7.72. The molecule has 9 nitrogen and oxygen atoms in total. The van der Waals surface area contributed by atoms with E-state index in [-0.39, 0.29) is 0 Å². The number of fused-ring (bicyclic) bond motifs is 1. The van der Waals surface area contributed by atoms with E-state index in [9.17, 15) is 15.3 Å². The van der Waals surface area contributed by atoms with Crippen LogP contribution in [-0.2, 0) is 4.74 Å². The van der Waals surface area contributed by atoms with Crippen LogP contribution in [0.2, 0.25) is 0 Å². The molecule has 0 unspecified atom stereocenters. The number of hydrogen-bond acceptors (Lipinski definition) is 8. The molecule has 0 spiro atoms. The monoisotopic (exact) mass is 270 g/mol. The summed E-state index contributed by atoms with van der Waals surface area (Å²) in [5.41, 5.74) is 0.306. The number of imidazole rings is 1. The van der Waals surface area contributed by atoms with Gasteiger partial charge in [0.05, 0.1) is 19.3 Å². The van der Waals surface area contributed by atoms with E-state index in [0.717, 1.165) is 0 Å². The van der Waals surface area contributed by atoms with E-state index in [1.54, 1.807) is 0 Å². The van der Waals surface area contributed by atoms with Crippen LogP contribution in [0.3, 0.4) is 0 Å². The number of hydrogen-bond donors (Lipinski definition) is 5. The molecule has 5 N–H and O–H groups in total. The van der Waals surface area contributed by atoms with Crippen LogP contribution in [0, 0.1) is 0 Å². The smallest absolute Gasteiger partial charge is 0.193 e. The molecule has 3 heterocycles. The summed E-state index contributed by atoms with van der Waals surface area (Å²) in [7, 11) is 0. The standard InChI is InChI=1S/C10H14N4O5/c15-1-4-6(16)7(17)10(19-4)14-3-13-5-8(14)11-2-12-9(5)18/h2-4,6-7,9-10,15-18H,1H2,(H,11,12)/t4-,6-,7-,9+,10-/m1/s1. The lowest BCUT2D eigenvalue weighted by Gasteiger charge is -2.21. The molecule has 1 aromatic rings. The fourth-order valence-electron chi connectivity index (χ4n) is 2.26. The molecule has 0 radical (unpaired) electrons. The minimum absolute atomic E-state index is 0.306. The number of nitrogens with zero attached hydrogens (tertiary/aromatic N) is 3. The second-order valence-electron chi connectivity index (χ2n) is 4.41. The van der Waals surface area contributed by atoms with Gasteiger partial charge in [-0.15, -0.1) is 0 Å². The van der Waals surface area contributed by atoms with Gasteiger partial charge in [0, 0.05) is 0 Å². The third-order valence-corrected chi connectivity index (χ3v) is 3.27. The topological polar surface area (TPSA) is 132 Å². The first-order valence-corrected chi connectivity index (χ1v) is 5.79. The lowest BCUT2D eigenvalue weighted by molar-refractivity contribution is -0.0518. The van der Waals surface area contributed by atoms with Crippen molar-refractivity contribution in [2.75, 3.05) is 11.9 Å². The van der Waals surface area contributed by atoms with Crippen LogP contribution in [0.15, 0.2) is 11.3 Å². The van der Waals surface area contributed by atoms with Crippen LogP contribution in [0.5, 0.6) is 0 Å². The summed E-state index contributed by atoms with van der Waals surface area (Å²) < 4.78 is 6.84. The third kappa shape index (κ3) is 1.83. The van der Waals surface area contributed by atoms with Gasteiger partial charge in [-0.1, -0.05) is 0 Å². The number of anilines is 1. The highest BCUT2D eigenvalue weighted by atomic mass is 16.6. The molecule has 0 amide bonds. The predicted molar refractivity (Wildman–Crippen MR) is 62.3 cm³/mol. The van der Waals surface area contributed by atoms with Gasteiger partial charge in [0.15, 0.2) is 12.5 Å². The summed E-state index contributed by atoms with van der Waals surface area (Å²) in [6.07, 6.45) is -2.53. The van der Waals surface area contributed by atoms with E-state index >= 15 is 0 Å². The van der Waals surface area contributed by atoms with E-state index in [1.165, 1.54) is 17.2 Å². The molecule has 3 rings (SSSR count). The second kappa shape index (κ2) is 4.54. The Morgan fingerprint density at radius 3 is 2.79 bits per heavy atom. The number of ether oxygens (including phenoxy) is 1. The van der Waals surface area contributed by atoms with Gasteiger partial charge in [0.2, 0.25) is 0 Å². The number of nitrogens with one attached hydrogen (secondary N) is 1. The number of rotatable bonds is 2. The molecular weight excluding hydrogens is 256 g/mol. The molecular formula is C10H14N4O5. The Hall–Kier alpha value is -1.52. The Morgan fingerprint density at radius 1 is 1.32 bits per heavy atom. The summed E-state index contributed by atoms with van der Waals surface area (Å²) in [6, 6.07) is 0. The van der Waals surface area contributed by atoms with Crippen molar-refractivity contribution in [3.63, 3.8) is 0 Å². The fourth-order valence-corrected chi connectivity index (χ4v) is 2.26. The van der Waals surface area contributed by atoms with Gasteiger partial charge < -0.3 is 30.5 Å². The zero-order chi connectivity index (χ0) is 13.6. The molecule has 5 atom stereocenters. The van der Waals surface area contributed by atoms with Gasteiger partial charge in [-0.2, -0.15) is 0 Å². The average Bonchev–Trinajstić information content (AvgIpc) is 2.94. The van der Waals surface area contributed by atoms with E-state index in [2.05, 4.69) is 15.3 Å². The third-order valence-electron chi connectivity index (χ3n) is 3.27. The van der Waals surface area contributed by atoms with E-state index in [0.29, 0.717) is 11.5 Å². The minimum atomic E-state index is -1.20. The van der Waals surface area contributed by atoms with E-state index < -0.39 is 37.4 Å². The first kappa shape index (κ1) is 12.5. The quantitative estimate of drug-likeness (QED) is 0.417. The maximum atomic E-state index is 9.94. The Morgan fingerprint density at radius 2 is 2.11 bits per heavy atom. The molecule has 2 aliphatic heterocycles. The first-order chi connectivity index (χ1) is 9.13. The van der Waals surface area contributed by atoms with Crippen molar-refractivity contribution in [1.29, 1.82) is 0 Å². The Labute approximate surface area is 107 Å². The summed E-state index contributed by atoms with van der Waals surface area (Å²) in [5.74, 6) is 0.428. The maximum Gasteiger partial charge on any atom is 0.193 e. The SMILES string of the molecule is OC[C@H]1O[C@@H](n2cnc3c2NC=N[C@H]3O)[C@H](O)[C@@H]1O. The molecule has 0 saturated carbocycles. The number of aliphatic hydroxyl groups excluding tert-OH is 4. The van der Waals surface area contributed by atoms with Crippen molar-refractivity contribution < 1.29 is 25.2 Å². The normalized spacial score (nSPS) is 37.2. The van der Waals surface area contributed by atoms with Crippen molar-refractivity contribution >= 4 is 12.2 Å². The van der Waals surface area contributed by atoms with Gasteiger partial charge in [-0.05, 0) is 0 Å². The summed E-state index contributed by atoms with van der Waals surface area (Å²) in [6.45, 7) is -0.400. The van der Waals surface area contributed by atoms with Crippen LogP contribution in [0.25, 0.3) is 0 Å². The highest BCUT2D eigenvalue weighted by Gasteiger charge is 2.44. The minimum Gasteiger partial charge on any atom is -0.394 e. The summed E-state index contributed by atoms with van der Waals surface area (Å²) >= 11 is 0. The molecule has 1 aromatic heterocycles. The lowest BCUT2D eigenvalue weighted by atomic mass is 10.1. The zero-order valence-electron chi connectivity index (χ0n) is 9.79. The lowest BCUT2D eigenvalue weighted by Crippen LogP contribution is -2.33. The van der Waals surface area contributed by atoms with Crippen LogP contribution in [-0.4, -0.2) is 61.2 Å². The first-order valence-electron chi connectivity index (χ1n) is 5.79. The highest BCUT2D eigenvalue weighted by molar-refractivity contribution is 5.77. The fraction of sp³-hybridized carbons (Fsp3) is 0.600. The van der Waals surface area contributed by atoms with Crippen molar-refractivity contribution in [3.8, 4) is 0 Å². The average molecular weight is 270 g/mol. The predicted octanol–water partition coefficient (Wildman–Crippen LogP) is -2.06. The zero-order valence-corrected chi connectivity index (χ0v) is 9.79. The van der Waals surface area contributed by atoms with Crippen LogP contribution < -0.4 is 5.32 Å². The largest absolute Gasteiger partial charge is 0.394 e. The van der Waals surface area contributed by atoms with Gasteiger partial charge in [-0.3, -0.25) is 4.57 Å². The summed E-state index contributed by atoms with van der Waals surface area (Å²) in [5, 5.41) is 41.1. The van der Waals surface area contributed by atoms with Crippen molar-refractivity contribution in [3.05, 3.63) is 12.0 Å². The van der Waals surface area contributed by atoms with Gasteiger partial charge >= 0.3 is 0 Å². The number of aromatic nitrogens is 2. The number of aliphatic imine (C=N–C) groups is 1. The Balaban J connectivity index is 1.92. The Bertz CT molecular complexity index is 504. The van der Waals surface area contributed by atoms with Crippen LogP contribution in [0.4, 0.5) is 5.82 Å². The van der Waals surface area contributed by atoms with Gasteiger partial charge in [-0.25, -0.2) is 9.98 Å². The highest BCUT2D eigenvalue weighted by Crippen LogP contribution is 2.34.